The summed E-state index contributed by atoms with van der Waals surface area (Å²) in [5.74, 6) is 3.27. The number of benzene rings is 1. The van der Waals surface area contributed by atoms with E-state index >= 15 is 0 Å². The topological polar surface area (TPSA) is 76.2 Å². The summed E-state index contributed by atoms with van der Waals surface area (Å²) in [7, 11) is 0. The van der Waals surface area contributed by atoms with E-state index in [9.17, 15) is 14.4 Å². The summed E-state index contributed by atoms with van der Waals surface area (Å²) in [5.41, 5.74) is 0.648. The van der Waals surface area contributed by atoms with Gasteiger partial charge in [0.05, 0.1) is 16.0 Å². The molecule has 0 aromatic heterocycles. The maximum Gasteiger partial charge on any atom is 0.294 e. The zero-order chi connectivity index (χ0) is 23.3. The molecule has 1 aromatic carbocycles. The molecule has 0 saturated carbocycles. The Balaban J connectivity index is 1.76. The van der Waals surface area contributed by atoms with Crippen LogP contribution in [-0.4, -0.2) is 59.7 Å². The largest absolute Gasteiger partial charge is 0.490 e. The van der Waals surface area contributed by atoms with Crippen LogP contribution in [0.2, 0.25) is 0 Å². The number of carbonyl (C=O) groups excluding carboxylic acids is 3. The lowest BCUT2D eigenvalue weighted by Gasteiger charge is -2.31. The highest BCUT2D eigenvalue weighted by Crippen LogP contribution is 2.39. The first-order valence-electron chi connectivity index (χ1n) is 10.4. The van der Waals surface area contributed by atoms with E-state index in [-0.39, 0.29) is 24.0 Å². The molecule has 3 rings (SSSR count). The quantitative estimate of drug-likeness (QED) is 0.397. The molecule has 0 N–H and O–H groups in total. The molecule has 2 aliphatic heterocycles. The fourth-order valence-corrected chi connectivity index (χ4v) is 4.88. The van der Waals surface area contributed by atoms with Gasteiger partial charge in [0.1, 0.15) is 13.2 Å². The van der Waals surface area contributed by atoms with E-state index in [0.717, 1.165) is 29.5 Å². The fourth-order valence-electron chi connectivity index (χ4n) is 3.47. The standard InChI is InChI=1S/C23H25BrN2O5S/c1-4-10-31-21-17(24)11-16(12-18(21)30-5-2)13-19-22(28)26(23(29)32-19)14-20(27)25-8-6-15(3)7-9-25/h1,11-13,15H,5-10,14H2,2-3H3/b19-13-. The summed E-state index contributed by atoms with van der Waals surface area (Å²) >= 11 is 4.27. The molecule has 0 unspecified atom stereocenters. The SMILES string of the molecule is C#CCOc1c(Br)cc(/C=C2\SC(=O)N(CC(=O)N3CCC(C)CC3)C2=O)cc1OCC. The molecular weight excluding hydrogens is 496 g/mol. The number of piperidine rings is 1. The minimum atomic E-state index is -0.472. The van der Waals surface area contributed by atoms with Crippen LogP contribution in [0.5, 0.6) is 11.5 Å². The number of nitrogens with zero attached hydrogens (tertiary/aromatic N) is 2. The van der Waals surface area contributed by atoms with Gasteiger partial charge in [0, 0.05) is 13.1 Å². The second kappa shape index (κ2) is 10.9. The van der Waals surface area contributed by atoms with Crippen molar-refractivity contribution in [3.8, 4) is 23.8 Å². The van der Waals surface area contributed by atoms with Gasteiger partial charge in [-0.1, -0.05) is 12.8 Å². The summed E-state index contributed by atoms with van der Waals surface area (Å²) < 4.78 is 11.8. The first-order chi connectivity index (χ1) is 15.3. The zero-order valence-corrected chi connectivity index (χ0v) is 20.5. The molecule has 0 atom stereocenters. The summed E-state index contributed by atoms with van der Waals surface area (Å²) in [6.07, 6.45) is 8.75. The van der Waals surface area contributed by atoms with Crippen LogP contribution >= 0.6 is 27.7 Å². The van der Waals surface area contributed by atoms with Gasteiger partial charge in [-0.15, -0.1) is 6.42 Å². The second-order valence-corrected chi connectivity index (χ2v) is 9.43. The lowest BCUT2D eigenvalue weighted by Crippen LogP contribution is -2.45. The molecule has 32 heavy (non-hydrogen) atoms. The molecule has 170 valence electrons. The fraction of sp³-hybridized carbons (Fsp3) is 0.435. The van der Waals surface area contributed by atoms with Crippen LogP contribution < -0.4 is 9.47 Å². The molecule has 1 aromatic rings. The van der Waals surface area contributed by atoms with Gasteiger partial charge < -0.3 is 14.4 Å². The number of ether oxygens (including phenoxy) is 2. The summed E-state index contributed by atoms with van der Waals surface area (Å²) in [5, 5.41) is -0.446. The highest BCUT2D eigenvalue weighted by atomic mass is 79.9. The number of thioether (sulfide) groups is 1. The first kappa shape index (κ1) is 24.2. The predicted octanol–water partition coefficient (Wildman–Crippen LogP) is 4.15. The molecule has 2 saturated heterocycles. The number of hydrogen-bond acceptors (Lipinski definition) is 6. The third-order valence-corrected chi connectivity index (χ3v) is 6.73. The molecular formula is C23H25BrN2O5S. The van der Waals surface area contributed by atoms with Crippen molar-refractivity contribution in [1.29, 1.82) is 0 Å². The first-order valence-corrected chi connectivity index (χ1v) is 12.0. The van der Waals surface area contributed by atoms with Crippen LogP contribution in [0, 0.1) is 18.3 Å². The van der Waals surface area contributed by atoms with E-state index in [4.69, 9.17) is 15.9 Å². The molecule has 0 bridgehead atoms. The van der Waals surface area contributed by atoms with Gasteiger partial charge >= 0.3 is 0 Å². The zero-order valence-electron chi connectivity index (χ0n) is 18.1. The van der Waals surface area contributed by atoms with E-state index in [1.54, 1.807) is 23.1 Å². The Labute approximate surface area is 200 Å². The average molecular weight is 521 g/mol. The monoisotopic (exact) mass is 520 g/mol. The van der Waals surface area contributed by atoms with Gasteiger partial charge in [-0.3, -0.25) is 19.3 Å². The Hall–Kier alpha value is -2.44. The highest BCUT2D eigenvalue weighted by Gasteiger charge is 2.37. The van der Waals surface area contributed by atoms with Gasteiger partial charge in [0.2, 0.25) is 5.91 Å². The van der Waals surface area contributed by atoms with Crippen molar-refractivity contribution in [2.24, 2.45) is 5.92 Å². The van der Waals surface area contributed by atoms with Crippen LogP contribution in [0.15, 0.2) is 21.5 Å². The van der Waals surface area contributed by atoms with Crippen molar-refractivity contribution in [2.45, 2.75) is 26.7 Å². The number of likely N-dealkylation sites (tertiary alicyclic amines) is 1. The smallest absolute Gasteiger partial charge is 0.294 e. The van der Waals surface area contributed by atoms with Crippen molar-refractivity contribution in [1.82, 2.24) is 9.80 Å². The third-order valence-electron chi connectivity index (χ3n) is 5.23. The Bertz CT molecular complexity index is 979. The van der Waals surface area contributed by atoms with Gasteiger partial charge in [0.25, 0.3) is 11.1 Å². The molecule has 7 nitrogen and oxygen atoms in total. The van der Waals surface area contributed by atoms with Crippen LogP contribution in [0.1, 0.15) is 32.3 Å². The molecule has 0 aliphatic carbocycles. The van der Waals surface area contributed by atoms with Crippen LogP contribution in [0.4, 0.5) is 4.79 Å². The van der Waals surface area contributed by atoms with Gasteiger partial charge in [0.15, 0.2) is 11.5 Å². The number of amides is 3. The number of halogens is 1. The minimum Gasteiger partial charge on any atom is -0.490 e. The molecule has 0 radical (unpaired) electrons. The van der Waals surface area contributed by atoms with Gasteiger partial charge in [-0.2, -0.15) is 0 Å². The summed E-state index contributed by atoms with van der Waals surface area (Å²) in [4.78, 5) is 40.9. The average Bonchev–Trinajstić information content (AvgIpc) is 3.01. The molecule has 2 aliphatic rings. The Morgan fingerprint density at radius 1 is 1.31 bits per heavy atom. The van der Waals surface area contributed by atoms with Crippen molar-refractivity contribution in [3.63, 3.8) is 0 Å². The van der Waals surface area contributed by atoms with Gasteiger partial charge in [-0.25, -0.2) is 0 Å². The van der Waals surface area contributed by atoms with Crippen molar-refractivity contribution >= 4 is 50.8 Å². The maximum atomic E-state index is 12.8. The van der Waals surface area contributed by atoms with E-state index in [2.05, 4.69) is 28.8 Å². The van der Waals surface area contributed by atoms with Crippen LogP contribution in [0.3, 0.4) is 0 Å². The molecule has 3 amide bonds. The lowest BCUT2D eigenvalue weighted by atomic mass is 9.99. The Morgan fingerprint density at radius 3 is 2.69 bits per heavy atom. The number of hydrogen-bond donors (Lipinski definition) is 0. The highest BCUT2D eigenvalue weighted by molar-refractivity contribution is 9.10. The molecule has 9 heteroatoms. The maximum absolute atomic E-state index is 12.8. The Morgan fingerprint density at radius 2 is 2.03 bits per heavy atom. The molecule has 2 heterocycles. The lowest BCUT2D eigenvalue weighted by molar-refractivity contribution is -0.136. The predicted molar refractivity (Wildman–Crippen MR) is 127 cm³/mol. The summed E-state index contributed by atoms with van der Waals surface area (Å²) in [6.45, 7) is 5.59. The molecule has 2 fully saturated rings. The number of carbonyl (C=O) groups is 3. The van der Waals surface area contributed by atoms with Crippen LogP contribution in [-0.2, 0) is 9.59 Å². The van der Waals surface area contributed by atoms with Crippen molar-refractivity contribution in [2.75, 3.05) is 32.8 Å². The number of terminal acetylenes is 1. The van der Waals surface area contributed by atoms with E-state index in [1.807, 2.05) is 6.92 Å². The van der Waals surface area contributed by atoms with E-state index in [0.29, 0.717) is 47.1 Å². The third kappa shape index (κ3) is 5.67. The normalized spacial score (nSPS) is 18.2. The van der Waals surface area contributed by atoms with Crippen molar-refractivity contribution < 1.29 is 23.9 Å². The molecule has 0 spiro atoms. The van der Waals surface area contributed by atoms with E-state index in [1.165, 1.54) is 0 Å². The van der Waals surface area contributed by atoms with E-state index < -0.39 is 11.1 Å². The Kier molecular flexibility index (Phi) is 8.26. The minimum absolute atomic E-state index is 0.0842. The van der Waals surface area contributed by atoms with Crippen molar-refractivity contribution in [3.05, 3.63) is 27.1 Å². The van der Waals surface area contributed by atoms with Gasteiger partial charge in [-0.05, 0) is 77.1 Å². The second-order valence-electron chi connectivity index (χ2n) is 7.59. The number of rotatable bonds is 7. The van der Waals surface area contributed by atoms with Crippen LogP contribution in [0.25, 0.3) is 6.08 Å². The summed E-state index contributed by atoms with van der Waals surface area (Å²) in [6, 6.07) is 3.47. The number of imide groups is 1.